The van der Waals surface area contributed by atoms with Gasteiger partial charge in [0.1, 0.15) is 25.2 Å². The SMILES string of the molecule is CNSC(=O)NC(=O)C1([N+]2(OC)CCOC(c3ccccc3)C2)CC1N=S(=O)=O. The van der Waals surface area contributed by atoms with Crippen LogP contribution < -0.4 is 10.0 Å². The van der Waals surface area contributed by atoms with Crippen LogP contribution in [0.2, 0.25) is 0 Å². The number of quaternary nitrogens is 1. The average Bonchev–Trinajstić information content (AvgIpc) is 3.43. The summed E-state index contributed by atoms with van der Waals surface area (Å²) in [6, 6.07) is 8.69. The highest BCUT2D eigenvalue weighted by atomic mass is 32.2. The smallest absolute Gasteiger partial charge is 0.311 e. The Bertz CT molecular complexity index is 904. The topological polar surface area (TPSA) is 123 Å². The molecule has 1 aromatic rings. The van der Waals surface area contributed by atoms with Crippen molar-refractivity contribution >= 4 is 33.6 Å². The maximum absolute atomic E-state index is 13.1. The van der Waals surface area contributed by atoms with E-state index in [1.165, 1.54) is 7.11 Å². The molecule has 4 unspecified atom stereocenters. The molecule has 1 aliphatic heterocycles. The second-order valence-electron chi connectivity index (χ2n) is 6.76. The predicted molar refractivity (Wildman–Crippen MR) is 105 cm³/mol. The normalized spacial score (nSPS) is 31.0. The molecule has 0 spiro atoms. The molecule has 0 aromatic heterocycles. The van der Waals surface area contributed by atoms with Crippen molar-refractivity contribution in [3.8, 4) is 0 Å². The molecular formula is C17H23N4O6S2+. The van der Waals surface area contributed by atoms with Crippen LogP contribution >= 0.6 is 11.9 Å². The summed E-state index contributed by atoms with van der Waals surface area (Å²) in [5.74, 6) is -0.611. The van der Waals surface area contributed by atoms with Crippen molar-refractivity contribution in [2.45, 2.75) is 24.1 Å². The lowest BCUT2D eigenvalue weighted by Crippen LogP contribution is -2.68. The highest BCUT2D eigenvalue weighted by Gasteiger charge is 2.77. The van der Waals surface area contributed by atoms with E-state index in [1.54, 1.807) is 7.05 Å². The molecule has 1 saturated carbocycles. The van der Waals surface area contributed by atoms with Crippen LogP contribution in [0.1, 0.15) is 18.1 Å². The van der Waals surface area contributed by atoms with Gasteiger partial charge in [-0.15, -0.1) is 0 Å². The van der Waals surface area contributed by atoms with Crippen molar-refractivity contribution in [2.24, 2.45) is 4.36 Å². The van der Waals surface area contributed by atoms with Crippen LogP contribution in [-0.4, -0.2) is 69.6 Å². The van der Waals surface area contributed by atoms with Gasteiger partial charge >= 0.3 is 15.7 Å². The Hall–Kier alpha value is -1.83. The zero-order valence-electron chi connectivity index (χ0n) is 16.0. The summed E-state index contributed by atoms with van der Waals surface area (Å²) in [5.41, 5.74) is -0.402. The zero-order valence-corrected chi connectivity index (χ0v) is 17.7. The lowest BCUT2D eigenvalue weighted by molar-refractivity contribution is -1.13. The van der Waals surface area contributed by atoms with Crippen LogP contribution in [0.3, 0.4) is 0 Å². The van der Waals surface area contributed by atoms with Crippen molar-refractivity contribution in [2.75, 3.05) is 33.9 Å². The minimum atomic E-state index is -2.69. The molecule has 3 rings (SSSR count). The van der Waals surface area contributed by atoms with Crippen molar-refractivity contribution in [1.82, 2.24) is 10.0 Å². The Kier molecular flexibility index (Phi) is 6.71. The highest BCUT2D eigenvalue weighted by molar-refractivity contribution is 8.11. The molecule has 2 N–H and O–H groups in total. The van der Waals surface area contributed by atoms with E-state index in [4.69, 9.17) is 9.57 Å². The summed E-state index contributed by atoms with van der Waals surface area (Å²) in [4.78, 5) is 30.9. The molecule has 10 nitrogen and oxygen atoms in total. The first-order chi connectivity index (χ1) is 13.9. The second kappa shape index (κ2) is 8.90. The van der Waals surface area contributed by atoms with Gasteiger partial charge in [-0.1, -0.05) is 30.3 Å². The van der Waals surface area contributed by atoms with E-state index in [-0.39, 0.29) is 23.7 Å². The first-order valence-electron chi connectivity index (χ1n) is 8.97. The number of imide groups is 1. The Labute approximate surface area is 174 Å². The average molecular weight is 444 g/mol. The molecule has 0 bridgehead atoms. The van der Waals surface area contributed by atoms with E-state index in [0.29, 0.717) is 13.2 Å². The summed E-state index contributed by atoms with van der Waals surface area (Å²) in [6.07, 6.45) is -0.199. The molecule has 12 heteroatoms. The second-order valence-corrected chi connectivity index (χ2v) is 8.39. The molecule has 4 atom stereocenters. The molecule has 2 amide bonds. The predicted octanol–water partition coefficient (Wildman–Crippen LogP) is 0.814. The Morgan fingerprint density at radius 3 is 2.69 bits per heavy atom. The molecule has 0 radical (unpaired) electrons. The van der Waals surface area contributed by atoms with Gasteiger partial charge in [0.05, 0.1) is 13.7 Å². The van der Waals surface area contributed by atoms with E-state index < -0.39 is 33.2 Å². The molecule has 29 heavy (non-hydrogen) atoms. The van der Waals surface area contributed by atoms with Gasteiger partial charge in [0.15, 0.2) is 0 Å². The quantitative estimate of drug-likeness (QED) is 0.489. The monoisotopic (exact) mass is 443 g/mol. The molecule has 1 heterocycles. The standard InChI is InChI=1S/C17H22N4O6S2/c1-18-28-16(23)19-15(22)17(10-14(17)20-29(24)25)21(26-2)8-9-27-13(11-21)12-6-4-3-5-7-12/h3-7,13-14,18H,8-11H2,1-2H3/p+1. The third-order valence-electron chi connectivity index (χ3n) is 5.39. The van der Waals surface area contributed by atoms with Gasteiger partial charge in [0.25, 0.3) is 5.91 Å². The molecule has 1 aromatic carbocycles. The van der Waals surface area contributed by atoms with E-state index in [0.717, 1.165) is 17.5 Å². The number of nitrogens with zero attached hydrogens (tertiary/aromatic N) is 2. The van der Waals surface area contributed by atoms with Gasteiger partial charge < -0.3 is 4.74 Å². The van der Waals surface area contributed by atoms with Crippen LogP contribution in [0, 0.1) is 0 Å². The summed E-state index contributed by atoms with van der Waals surface area (Å²) >= 11 is 0.724. The first kappa shape index (κ1) is 21.9. The van der Waals surface area contributed by atoms with Crippen molar-refractivity contribution in [3.63, 3.8) is 0 Å². The molecule has 158 valence electrons. The van der Waals surface area contributed by atoms with Crippen LogP contribution in [0.5, 0.6) is 0 Å². The van der Waals surface area contributed by atoms with Crippen LogP contribution in [0.25, 0.3) is 0 Å². The molecule has 1 aliphatic carbocycles. The Morgan fingerprint density at radius 1 is 1.34 bits per heavy atom. The first-order valence-corrected chi connectivity index (χ1v) is 10.8. The van der Waals surface area contributed by atoms with Crippen molar-refractivity contribution < 1.29 is 32.2 Å². The lowest BCUT2D eigenvalue weighted by Gasteiger charge is -2.45. The third-order valence-corrected chi connectivity index (χ3v) is 6.31. The summed E-state index contributed by atoms with van der Waals surface area (Å²) in [7, 11) is 0.334. The fourth-order valence-electron chi connectivity index (χ4n) is 3.97. The number of amides is 2. The van der Waals surface area contributed by atoms with Crippen LogP contribution in [-0.2, 0) is 24.9 Å². The Morgan fingerprint density at radius 2 is 2.07 bits per heavy atom. The van der Waals surface area contributed by atoms with Crippen molar-refractivity contribution in [1.29, 1.82) is 0 Å². The summed E-state index contributed by atoms with van der Waals surface area (Å²) in [6.45, 7) is 0.895. The van der Waals surface area contributed by atoms with Gasteiger partial charge in [0, 0.05) is 18.4 Å². The molecule has 1 saturated heterocycles. The number of rotatable bonds is 6. The minimum Gasteiger partial charge on any atom is -0.362 e. The number of hydrogen-bond donors (Lipinski definition) is 2. The van der Waals surface area contributed by atoms with E-state index >= 15 is 0 Å². The fourth-order valence-corrected chi connectivity index (χ4v) is 4.75. The zero-order chi connectivity index (χ0) is 21.1. The highest BCUT2D eigenvalue weighted by Crippen LogP contribution is 2.52. The Balaban J connectivity index is 1.96. The van der Waals surface area contributed by atoms with Gasteiger partial charge in [-0.25, -0.2) is 4.84 Å². The fraction of sp³-hybridized carbons (Fsp3) is 0.529. The van der Waals surface area contributed by atoms with Crippen LogP contribution in [0.4, 0.5) is 4.79 Å². The van der Waals surface area contributed by atoms with Gasteiger partial charge in [0.2, 0.25) is 5.54 Å². The van der Waals surface area contributed by atoms with E-state index in [9.17, 15) is 18.0 Å². The minimum absolute atomic E-state index is 0.152. The molecule has 2 aliphatic rings. The number of ether oxygens (including phenoxy) is 1. The van der Waals surface area contributed by atoms with Crippen molar-refractivity contribution in [3.05, 3.63) is 35.9 Å². The summed E-state index contributed by atoms with van der Waals surface area (Å²) in [5, 5.41) is 1.73. The lowest BCUT2D eigenvalue weighted by atomic mass is 10.0. The largest absolute Gasteiger partial charge is 0.362 e. The maximum atomic E-state index is 13.1. The summed E-state index contributed by atoms with van der Waals surface area (Å²) < 4.78 is 34.4. The number of hydroxylamine groups is 3. The van der Waals surface area contributed by atoms with Gasteiger partial charge in [-0.05, 0) is 12.6 Å². The third kappa shape index (κ3) is 4.22. The molecular weight excluding hydrogens is 420 g/mol. The van der Waals surface area contributed by atoms with Gasteiger partial charge in [-0.3, -0.25) is 19.6 Å². The number of carbonyl (C=O) groups excluding carboxylic acids is 2. The number of morpholine rings is 1. The van der Waals surface area contributed by atoms with E-state index in [1.807, 2.05) is 30.3 Å². The number of benzene rings is 1. The number of nitrogens with one attached hydrogen (secondary N) is 2. The van der Waals surface area contributed by atoms with E-state index in [2.05, 4.69) is 14.4 Å². The number of carbonyl (C=O) groups is 2. The molecule has 2 fully saturated rings. The van der Waals surface area contributed by atoms with Crippen LogP contribution in [0.15, 0.2) is 34.7 Å². The number of hydrogen-bond acceptors (Lipinski definition) is 9. The maximum Gasteiger partial charge on any atom is 0.311 e. The van der Waals surface area contributed by atoms with Gasteiger partial charge in [-0.2, -0.15) is 17.4 Å².